The van der Waals surface area contributed by atoms with Crippen molar-refractivity contribution < 1.29 is 14.3 Å². The number of benzene rings is 1. The van der Waals surface area contributed by atoms with Gasteiger partial charge in [0.1, 0.15) is 11.4 Å². The molecule has 0 amide bonds. The van der Waals surface area contributed by atoms with Crippen molar-refractivity contribution in [2.75, 3.05) is 7.11 Å². The van der Waals surface area contributed by atoms with Crippen molar-refractivity contribution >= 4 is 11.7 Å². The summed E-state index contributed by atoms with van der Waals surface area (Å²) in [7, 11) is 1.65. The summed E-state index contributed by atoms with van der Waals surface area (Å²) in [5, 5.41) is 0. The minimum atomic E-state index is -0.521. The van der Waals surface area contributed by atoms with Gasteiger partial charge in [0.15, 0.2) is 6.04 Å². The number of rotatable bonds is 5. The molecule has 0 aromatic heterocycles. The Labute approximate surface area is 169 Å². The van der Waals surface area contributed by atoms with Crippen LogP contribution in [0, 0.1) is 16.7 Å². The van der Waals surface area contributed by atoms with Gasteiger partial charge in [-0.15, -0.1) is 0 Å². The Morgan fingerprint density at radius 3 is 2.32 bits per heavy atom. The van der Waals surface area contributed by atoms with Gasteiger partial charge < -0.3 is 9.47 Å². The molecule has 2 aliphatic rings. The number of hydrogen-bond acceptors (Lipinski definition) is 4. The monoisotopic (exact) mass is 385 g/mol. The zero-order valence-electron chi connectivity index (χ0n) is 18.5. The minimum absolute atomic E-state index is 0.0812. The summed E-state index contributed by atoms with van der Waals surface area (Å²) in [5.74, 6) is 1.24. The highest BCUT2D eigenvalue weighted by Crippen LogP contribution is 2.64. The zero-order chi connectivity index (χ0) is 20.7. The molecule has 2 saturated carbocycles. The SMILES string of the molecule is COc1ccc(C[C@@H](N=C2C[C@H]3CC[C@]2(C)C3(C)C)C(=O)OC(C)(C)C)cc1. The molecule has 2 fully saturated rings. The molecule has 0 radical (unpaired) electrons. The van der Waals surface area contributed by atoms with E-state index in [1.807, 2.05) is 45.0 Å². The molecule has 3 atom stereocenters. The second kappa shape index (κ2) is 7.20. The van der Waals surface area contributed by atoms with Gasteiger partial charge in [0.25, 0.3) is 0 Å². The van der Waals surface area contributed by atoms with Gasteiger partial charge >= 0.3 is 5.97 Å². The Morgan fingerprint density at radius 2 is 1.86 bits per heavy atom. The van der Waals surface area contributed by atoms with E-state index >= 15 is 0 Å². The Hall–Kier alpha value is -1.84. The van der Waals surface area contributed by atoms with E-state index in [4.69, 9.17) is 14.5 Å². The van der Waals surface area contributed by atoms with Crippen LogP contribution in [0.2, 0.25) is 0 Å². The molecule has 2 bridgehead atoms. The van der Waals surface area contributed by atoms with Crippen molar-refractivity contribution in [1.29, 1.82) is 0 Å². The predicted octanol–water partition coefficient (Wildman–Crippen LogP) is 5.24. The van der Waals surface area contributed by atoms with Crippen LogP contribution in [-0.4, -0.2) is 30.4 Å². The highest BCUT2D eigenvalue weighted by atomic mass is 16.6. The van der Waals surface area contributed by atoms with Crippen LogP contribution in [0.25, 0.3) is 0 Å². The third-order valence-electron chi connectivity index (χ3n) is 7.09. The summed E-state index contributed by atoms with van der Waals surface area (Å²) in [6, 6.07) is 7.35. The van der Waals surface area contributed by atoms with Crippen molar-refractivity contribution in [3.8, 4) is 5.75 Å². The van der Waals surface area contributed by atoms with Crippen LogP contribution in [0.1, 0.15) is 66.4 Å². The number of methoxy groups -OCH3 is 1. The van der Waals surface area contributed by atoms with Crippen LogP contribution in [0.5, 0.6) is 5.75 Å². The van der Waals surface area contributed by atoms with Crippen molar-refractivity contribution in [3.63, 3.8) is 0 Å². The summed E-state index contributed by atoms with van der Waals surface area (Å²) >= 11 is 0. The van der Waals surface area contributed by atoms with Crippen molar-refractivity contribution in [1.82, 2.24) is 0 Å². The number of ether oxygens (including phenoxy) is 2. The number of hydrogen-bond donors (Lipinski definition) is 0. The summed E-state index contributed by atoms with van der Waals surface area (Å²) in [4.78, 5) is 18.1. The maximum Gasteiger partial charge on any atom is 0.331 e. The lowest BCUT2D eigenvalue weighted by Crippen LogP contribution is -2.36. The molecule has 0 heterocycles. The predicted molar refractivity (Wildman–Crippen MR) is 113 cm³/mol. The molecule has 0 unspecified atom stereocenters. The Kier molecular flexibility index (Phi) is 5.37. The standard InChI is InChI=1S/C24H35NO3/c1-22(2,3)28-21(26)19(14-16-8-10-18(27-7)11-9-16)25-20-15-17-12-13-24(20,6)23(17,4)5/h8-11,17,19H,12-15H2,1-7H3/t17-,19-,24+/m1/s1. The van der Waals surface area contributed by atoms with Gasteiger partial charge in [0.05, 0.1) is 7.11 Å². The average Bonchev–Trinajstić information content (AvgIpc) is 2.93. The number of fused-ring (bicyclic) bond motifs is 2. The van der Waals surface area contributed by atoms with Gasteiger partial charge in [0.2, 0.25) is 0 Å². The summed E-state index contributed by atoms with van der Waals surface area (Å²) in [6.45, 7) is 12.8. The molecule has 4 heteroatoms. The van der Waals surface area contributed by atoms with Crippen LogP contribution >= 0.6 is 0 Å². The Morgan fingerprint density at radius 1 is 1.21 bits per heavy atom. The molecular formula is C24H35NO3. The summed E-state index contributed by atoms with van der Waals surface area (Å²) in [5.41, 5.74) is 2.07. The summed E-state index contributed by atoms with van der Waals surface area (Å²) < 4.78 is 11.0. The maximum atomic E-state index is 13.0. The van der Waals surface area contributed by atoms with Gasteiger partial charge in [-0.2, -0.15) is 0 Å². The second-order valence-electron chi connectivity index (χ2n) is 10.2. The van der Waals surface area contributed by atoms with Gasteiger partial charge in [0, 0.05) is 17.5 Å². The van der Waals surface area contributed by atoms with Gasteiger partial charge in [-0.25, -0.2) is 4.79 Å². The lowest BCUT2D eigenvalue weighted by molar-refractivity contribution is -0.156. The van der Waals surface area contributed by atoms with E-state index in [9.17, 15) is 4.79 Å². The smallest absolute Gasteiger partial charge is 0.331 e. The van der Waals surface area contributed by atoms with E-state index in [0.717, 1.165) is 24.2 Å². The van der Waals surface area contributed by atoms with Crippen molar-refractivity contribution in [2.24, 2.45) is 21.7 Å². The number of carbonyl (C=O) groups excluding carboxylic acids is 1. The lowest BCUT2D eigenvalue weighted by atomic mass is 9.70. The molecule has 1 aromatic carbocycles. The molecule has 28 heavy (non-hydrogen) atoms. The third kappa shape index (κ3) is 3.83. The van der Waals surface area contributed by atoms with Crippen LogP contribution in [0.15, 0.2) is 29.3 Å². The number of nitrogens with zero attached hydrogens (tertiary/aromatic N) is 1. The van der Waals surface area contributed by atoms with Crippen LogP contribution in [-0.2, 0) is 16.0 Å². The number of esters is 1. The van der Waals surface area contributed by atoms with E-state index in [1.165, 1.54) is 12.1 Å². The molecule has 0 N–H and O–H groups in total. The molecule has 2 aliphatic carbocycles. The Balaban J connectivity index is 1.89. The zero-order valence-corrected chi connectivity index (χ0v) is 18.5. The Bertz CT molecular complexity index is 757. The first-order valence-corrected chi connectivity index (χ1v) is 10.4. The van der Waals surface area contributed by atoms with Gasteiger partial charge in [-0.05, 0) is 69.1 Å². The molecule has 154 valence electrons. The first-order chi connectivity index (χ1) is 13.0. The minimum Gasteiger partial charge on any atom is -0.497 e. The molecule has 4 nitrogen and oxygen atoms in total. The highest BCUT2D eigenvalue weighted by Gasteiger charge is 2.59. The average molecular weight is 386 g/mol. The van der Waals surface area contributed by atoms with Gasteiger partial charge in [-0.3, -0.25) is 4.99 Å². The third-order valence-corrected chi connectivity index (χ3v) is 7.09. The molecule has 3 rings (SSSR count). The van der Waals surface area contributed by atoms with Gasteiger partial charge in [-0.1, -0.05) is 32.9 Å². The fourth-order valence-electron chi connectivity index (χ4n) is 4.85. The van der Waals surface area contributed by atoms with E-state index in [2.05, 4.69) is 20.8 Å². The normalized spacial score (nSPS) is 28.4. The first kappa shape index (κ1) is 20.9. The van der Waals surface area contributed by atoms with E-state index in [-0.39, 0.29) is 16.8 Å². The van der Waals surface area contributed by atoms with Crippen molar-refractivity contribution in [3.05, 3.63) is 29.8 Å². The fraction of sp³-hybridized carbons (Fsp3) is 0.667. The quantitative estimate of drug-likeness (QED) is 0.652. The van der Waals surface area contributed by atoms with E-state index < -0.39 is 11.6 Å². The topological polar surface area (TPSA) is 47.9 Å². The highest BCUT2D eigenvalue weighted by molar-refractivity contribution is 5.96. The first-order valence-electron chi connectivity index (χ1n) is 10.4. The largest absolute Gasteiger partial charge is 0.497 e. The van der Waals surface area contributed by atoms with E-state index in [0.29, 0.717) is 12.3 Å². The maximum absolute atomic E-state index is 13.0. The van der Waals surface area contributed by atoms with Crippen LogP contribution < -0.4 is 4.74 Å². The van der Waals surface area contributed by atoms with Crippen LogP contribution in [0.3, 0.4) is 0 Å². The number of aliphatic imine (C=N–C) groups is 1. The molecule has 0 spiro atoms. The van der Waals surface area contributed by atoms with Crippen LogP contribution in [0.4, 0.5) is 0 Å². The van der Waals surface area contributed by atoms with Crippen molar-refractivity contribution in [2.45, 2.75) is 78.9 Å². The molecule has 0 saturated heterocycles. The second-order valence-corrected chi connectivity index (χ2v) is 10.2. The fourth-order valence-corrected chi connectivity index (χ4v) is 4.85. The van der Waals surface area contributed by atoms with E-state index in [1.54, 1.807) is 7.11 Å². The number of carbonyl (C=O) groups is 1. The summed E-state index contributed by atoms with van der Waals surface area (Å²) in [6.07, 6.45) is 3.97. The molecule has 1 aromatic rings. The lowest BCUT2D eigenvalue weighted by Gasteiger charge is -2.35. The molecular weight excluding hydrogens is 350 g/mol. The molecule has 0 aliphatic heterocycles.